The van der Waals surface area contributed by atoms with Gasteiger partial charge in [0.2, 0.25) is 5.82 Å². The van der Waals surface area contributed by atoms with Crippen LogP contribution in [0.25, 0.3) is 22.5 Å². The molecular formula is C22H15FN4O7. The lowest BCUT2D eigenvalue weighted by atomic mass is 9.94. The molecule has 0 saturated heterocycles. The number of hydrogen-bond acceptors (Lipinski definition) is 8. The molecule has 2 aromatic carbocycles. The Bertz CT molecular complexity index is 1460. The van der Waals surface area contributed by atoms with E-state index in [1.807, 2.05) is 11.1 Å². The van der Waals surface area contributed by atoms with Crippen LogP contribution in [0.4, 0.5) is 10.2 Å². The molecule has 0 unspecified atom stereocenters. The Morgan fingerprint density at radius 2 is 1.79 bits per heavy atom. The van der Waals surface area contributed by atoms with E-state index in [1.165, 1.54) is 0 Å². The third-order valence-corrected chi connectivity index (χ3v) is 4.74. The van der Waals surface area contributed by atoms with E-state index in [-0.39, 0.29) is 29.4 Å². The van der Waals surface area contributed by atoms with Gasteiger partial charge >= 0.3 is 11.9 Å². The summed E-state index contributed by atoms with van der Waals surface area (Å²) in [5.41, 5.74) is 2.19. The fraction of sp³-hybridized carbons (Fsp3) is 0.0455. The highest BCUT2D eigenvalue weighted by atomic mass is 19.1. The second-order valence-corrected chi connectivity index (χ2v) is 6.91. The fourth-order valence-corrected chi connectivity index (χ4v) is 3.27. The minimum absolute atomic E-state index is 0.0292. The van der Waals surface area contributed by atoms with Crippen LogP contribution in [0.1, 0.15) is 26.6 Å². The summed E-state index contributed by atoms with van der Waals surface area (Å²) in [6.45, 7) is -0.102. The van der Waals surface area contributed by atoms with Crippen LogP contribution in [-0.4, -0.2) is 37.3 Å². The third-order valence-electron chi connectivity index (χ3n) is 4.74. The number of nitrogen functional groups attached to an aromatic ring is 1. The largest absolute Gasteiger partial charge is 0.484 e. The summed E-state index contributed by atoms with van der Waals surface area (Å²) in [7, 11) is 0. The third kappa shape index (κ3) is 4.19. The van der Waals surface area contributed by atoms with Crippen LogP contribution < -0.4 is 16.0 Å². The number of hydrogen-bond donors (Lipinski definition) is 4. The van der Waals surface area contributed by atoms with Gasteiger partial charge in [0.1, 0.15) is 28.5 Å². The Morgan fingerprint density at radius 3 is 2.47 bits per heavy atom. The summed E-state index contributed by atoms with van der Waals surface area (Å²) < 4.78 is 25.2. The second-order valence-electron chi connectivity index (χ2n) is 6.91. The number of aromatic amines is 1. The first-order chi connectivity index (χ1) is 16.3. The molecule has 0 atom stereocenters. The van der Waals surface area contributed by atoms with Crippen LogP contribution in [0.3, 0.4) is 0 Å². The number of carboxylic acid groups (broad SMARTS) is 2. The zero-order chi connectivity index (χ0) is 24.4. The summed E-state index contributed by atoms with van der Waals surface area (Å²) >= 11 is 0. The first kappa shape index (κ1) is 22.2. The molecule has 0 saturated carbocycles. The van der Waals surface area contributed by atoms with Crippen molar-refractivity contribution in [1.82, 2.24) is 15.1 Å². The van der Waals surface area contributed by atoms with Crippen molar-refractivity contribution in [1.29, 1.82) is 0 Å². The molecule has 12 heteroatoms. The summed E-state index contributed by atoms with van der Waals surface area (Å²) in [6.07, 6.45) is 0. The molecule has 0 bridgehead atoms. The summed E-state index contributed by atoms with van der Waals surface area (Å²) in [6, 6.07) is 12.0. The van der Waals surface area contributed by atoms with Crippen LogP contribution in [-0.2, 0) is 6.61 Å². The number of ether oxygens (including phenoxy) is 1. The molecule has 2 heterocycles. The Hall–Kier alpha value is -5.00. The topological polar surface area (TPSA) is 182 Å². The van der Waals surface area contributed by atoms with Gasteiger partial charge in [-0.25, -0.2) is 14.0 Å². The molecule has 0 fully saturated rings. The molecule has 0 aliphatic heterocycles. The second kappa shape index (κ2) is 8.86. The summed E-state index contributed by atoms with van der Waals surface area (Å²) in [5, 5.41) is 22.8. The van der Waals surface area contributed by atoms with Gasteiger partial charge in [-0.2, -0.15) is 4.98 Å². The molecule has 0 spiro atoms. The molecule has 5 N–H and O–H groups in total. The van der Waals surface area contributed by atoms with Gasteiger partial charge < -0.3 is 30.2 Å². The number of nitrogens with zero attached hydrogens (tertiary/aromatic N) is 2. The SMILES string of the molecule is Nc1[nH]c(=O)c(C(=O)O)c(-c2ccc(F)c(-c3noc(COc4ccccc4)n3)c2)c1C(=O)O. The van der Waals surface area contributed by atoms with Crippen molar-refractivity contribution >= 4 is 17.8 Å². The van der Waals surface area contributed by atoms with Gasteiger partial charge in [0, 0.05) is 5.56 Å². The fourth-order valence-electron chi connectivity index (χ4n) is 3.27. The van der Waals surface area contributed by atoms with Crippen LogP contribution >= 0.6 is 0 Å². The highest BCUT2D eigenvalue weighted by Gasteiger charge is 2.27. The van der Waals surface area contributed by atoms with E-state index in [0.29, 0.717) is 5.75 Å². The number of nitrogens with two attached hydrogens (primary N) is 1. The highest BCUT2D eigenvalue weighted by molar-refractivity contribution is 6.07. The molecule has 2 aromatic heterocycles. The zero-order valence-corrected chi connectivity index (χ0v) is 17.1. The first-order valence-corrected chi connectivity index (χ1v) is 9.59. The van der Waals surface area contributed by atoms with Crippen molar-refractivity contribution in [2.24, 2.45) is 0 Å². The Balaban J connectivity index is 1.78. The van der Waals surface area contributed by atoms with Crippen molar-refractivity contribution in [3.05, 3.63) is 81.7 Å². The number of H-pyrrole nitrogens is 1. The maximum atomic E-state index is 14.6. The van der Waals surface area contributed by atoms with Gasteiger partial charge in [-0.05, 0) is 29.8 Å². The van der Waals surface area contributed by atoms with Gasteiger partial charge in [-0.1, -0.05) is 29.4 Å². The van der Waals surface area contributed by atoms with Crippen molar-refractivity contribution in [3.8, 4) is 28.3 Å². The average molecular weight is 466 g/mol. The number of halogens is 1. The van der Waals surface area contributed by atoms with E-state index >= 15 is 0 Å². The number of carbonyl (C=O) groups is 2. The van der Waals surface area contributed by atoms with Gasteiger partial charge in [0.05, 0.1) is 5.56 Å². The number of benzene rings is 2. The summed E-state index contributed by atoms with van der Waals surface area (Å²) in [5.74, 6) is -4.25. The van der Waals surface area contributed by atoms with E-state index in [0.717, 1.165) is 18.2 Å². The molecule has 0 amide bonds. The average Bonchev–Trinajstić information content (AvgIpc) is 3.26. The van der Waals surface area contributed by atoms with Crippen molar-refractivity contribution < 1.29 is 33.5 Å². The molecule has 0 radical (unpaired) electrons. The van der Waals surface area contributed by atoms with Gasteiger partial charge in [0.25, 0.3) is 11.4 Å². The van der Waals surface area contributed by atoms with Gasteiger partial charge in [0.15, 0.2) is 6.61 Å². The zero-order valence-electron chi connectivity index (χ0n) is 17.1. The molecule has 4 rings (SSSR count). The quantitative estimate of drug-likeness (QED) is 0.316. The smallest absolute Gasteiger partial charge is 0.342 e. The first-order valence-electron chi connectivity index (χ1n) is 9.59. The van der Waals surface area contributed by atoms with Crippen LogP contribution in [0.15, 0.2) is 57.8 Å². The maximum Gasteiger partial charge on any atom is 0.342 e. The number of aromatic nitrogens is 3. The van der Waals surface area contributed by atoms with E-state index in [1.54, 1.807) is 24.3 Å². The van der Waals surface area contributed by atoms with E-state index in [9.17, 15) is 29.0 Å². The van der Waals surface area contributed by atoms with Crippen molar-refractivity contribution in [2.45, 2.75) is 6.61 Å². The number of nitrogens with one attached hydrogen (secondary N) is 1. The number of carboxylic acids is 2. The Morgan fingerprint density at radius 1 is 1.09 bits per heavy atom. The number of aromatic carboxylic acids is 2. The molecule has 172 valence electrons. The van der Waals surface area contributed by atoms with E-state index in [2.05, 4.69) is 10.1 Å². The van der Waals surface area contributed by atoms with Crippen LogP contribution in [0.2, 0.25) is 0 Å². The highest BCUT2D eigenvalue weighted by Crippen LogP contribution is 2.33. The van der Waals surface area contributed by atoms with E-state index in [4.69, 9.17) is 15.0 Å². The predicted molar refractivity (Wildman–Crippen MR) is 115 cm³/mol. The summed E-state index contributed by atoms with van der Waals surface area (Å²) in [4.78, 5) is 41.8. The Labute approximate surface area is 189 Å². The molecule has 4 aromatic rings. The normalized spacial score (nSPS) is 10.7. The van der Waals surface area contributed by atoms with E-state index < -0.39 is 45.8 Å². The lowest BCUT2D eigenvalue weighted by Gasteiger charge is -2.13. The number of anilines is 1. The van der Waals surface area contributed by atoms with Crippen molar-refractivity contribution in [3.63, 3.8) is 0 Å². The minimum atomic E-state index is -1.69. The molecular weight excluding hydrogens is 451 g/mol. The molecule has 0 aliphatic rings. The Kier molecular flexibility index (Phi) is 5.79. The molecule has 11 nitrogen and oxygen atoms in total. The van der Waals surface area contributed by atoms with Crippen LogP contribution in [0.5, 0.6) is 5.75 Å². The van der Waals surface area contributed by atoms with Crippen LogP contribution in [0, 0.1) is 5.82 Å². The number of rotatable bonds is 7. The monoisotopic (exact) mass is 466 g/mol. The van der Waals surface area contributed by atoms with Gasteiger partial charge in [-0.15, -0.1) is 0 Å². The number of para-hydroxylation sites is 1. The number of pyridine rings is 1. The lowest BCUT2D eigenvalue weighted by molar-refractivity contribution is 0.0695. The minimum Gasteiger partial charge on any atom is -0.484 e. The lowest BCUT2D eigenvalue weighted by Crippen LogP contribution is -2.24. The van der Waals surface area contributed by atoms with Crippen molar-refractivity contribution in [2.75, 3.05) is 5.73 Å². The standard InChI is InChI=1S/C22H15FN4O7/c23-13-7-6-10(15-16(21(29)30)18(24)26-20(28)17(15)22(31)32)8-12(13)19-25-14(34-27-19)9-33-11-4-2-1-3-5-11/h1-8H,9H2,(H,29,30)(H,31,32)(H3,24,26,28). The van der Waals surface area contributed by atoms with Gasteiger partial charge in [-0.3, -0.25) is 4.79 Å². The molecule has 0 aliphatic carbocycles. The predicted octanol–water partition coefficient (Wildman–Crippen LogP) is 2.79. The molecule has 34 heavy (non-hydrogen) atoms. The maximum absolute atomic E-state index is 14.6.